The monoisotopic (exact) mass is 448 g/mol. The number of nitrogens with one attached hydrogen (secondary N) is 1. The lowest BCUT2D eigenvalue weighted by molar-refractivity contribution is 0.0934. The Labute approximate surface area is 181 Å². The standard InChI is InChI=1S/C22H25FN2O3S2/c1-15-5-2-3-11-25(15)30(27,28)18-7-4-6-16(13-18)22(26)24-20-10-12-29-21-9-8-17(23)14-19(20)21/h4,6-9,13-15,20H,2-3,5,10-12H2,1H3,(H,24,26)/t15-,20+/m1/s1. The van der Waals surface area contributed by atoms with Gasteiger partial charge in [-0.15, -0.1) is 11.8 Å². The first-order chi connectivity index (χ1) is 14.4. The van der Waals surface area contributed by atoms with E-state index in [9.17, 15) is 17.6 Å². The molecule has 1 saturated heterocycles. The van der Waals surface area contributed by atoms with Crippen LogP contribution in [0.25, 0.3) is 0 Å². The van der Waals surface area contributed by atoms with Crippen LogP contribution in [0.1, 0.15) is 54.6 Å². The molecule has 0 radical (unpaired) electrons. The lowest BCUT2D eigenvalue weighted by Gasteiger charge is -2.32. The molecule has 5 nitrogen and oxygen atoms in total. The first kappa shape index (κ1) is 21.3. The summed E-state index contributed by atoms with van der Waals surface area (Å²) in [5, 5.41) is 2.96. The predicted molar refractivity (Wildman–Crippen MR) is 116 cm³/mol. The van der Waals surface area contributed by atoms with Gasteiger partial charge < -0.3 is 5.32 Å². The SMILES string of the molecule is C[C@@H]1CCCCN1S(=O)(=O)c1cccc(C(=O)N[C@H]2CCSc3ccc(F)cc32)c1. The number of piperidine rings is 1. The van der Waals surface area contributed by atoms with Gasteiger partial charge in [-0.1, -0.05) is 12.5 Å². The number of thioether (sulfide) groups is 1. The molecule has 0 spiro atoms. The lowest BCUT2D eigenvalue weighted by atomic mass is 10.0. The Morgan fingerprint density at radius 2 is 2.00 bits per heavy atom. The Bertz CT molecular complexity index is 1060. The summed E-state index contributed by atoms with van der Waals surface area (Å²) in [5.74, 6) is 0.135. The first-order valence-electron chi connectivity index (χ1n) is 10.2. The van der Waals surface area contributed by atoms with E-state index < -0.39 is 10.0 Å². The highest BCUT2D eigenvalue weighted by atomic mass is 32.2. The van der Waals surface area contributed by atoms with Gasteiger partial charge in [-0.05, 0) is 68.1 Å². The van der Waals surface area contributed by atoms with Gasteiger partial charge in [0, 0.05) is 28.8 Å². The van der Waals surface area contributed by atoms with Crippen molar-refractivity contribution in [3.05, 3.63) is 59.4 Å². The van der Waals surface area contributed by atoms with E-state index in [4.69, 9.17) is 0 Å². The van der Waals surface area contributed by atoms with Gasteiger partial charge in [-0.2, -0.15) is 4.31 Å². The predicted octanol–water partition coefficient (Wildman–Crippen LogP) is 4.36. The Hall–Kier alpha value is -1.90. The highest BCUT2D eigenvalue weighted by molar-refractivity contribution is 7.99. The van der Waals surface area contributed by atoms with Crippen molar-refractivity contribution in [2.24, 2.45) is 0 Å². The van der Waals surface area contributed by atoms with E-state index in [-0.39, 0.29) is 34.3 Å². The number of nitrogens with zero attached hydrogens (tertiary/aromatic N) is 1. The van der Waals surface area contributed by atoms with Crippen molar-refractivity contribution in [1.29, 1.82) is 0 Å². The minimum absolute atomic E-state index is 0.0487. The molecule has 160 valence electrons. The van der Waals surface area contributed by atoms with Gasteiger partial charge in [-0.3, -0.25) is 4.79 Å². The number of sulfonamides is 1. The molecule has 2 heterocycles. The number of benzene rings is 2. The molecule has 8 heteroatoms. The van der Waals surface area contributed by atoms with Crippen molar-refractivity contribution in [2.75, 3.05) is 12.3 Å². The van der Waals surface area contributed by atoms with Crippen molar-refractivity contribution >= 4 is 27.7 Å². The molecule has 1 fully saturated rings. The maximum Gasteiger partial charge on any atom is 0.251 e. The van der Waals surface area contributed by atoms with Crippen LogP contribution in [0.3, 0.4) is 0 Å². The molecule has 1 N–H and O–H groups in total. The van der Waals surface area contributed by atoms with Crippen LogP contribution < -0.4 is 5.32 Å². The smallest absolute Gasteiger partial charge is 0.251 e. The summed E-state index contributed by atoms with van der Waals surface area (Å²) in [4.78, 5) is 14.0. The average molecular weight is 449 g/mol. The highest BCUT2D eigenvalue weighted by Crippen LogP contribution is 2.36. The lowest BCUT2D eigenvalue weighted by Crippen LogP contribution is -2.42. The second-order valence-corrected chi connectivity index (χ2v) is 10.9. The third-order valence-electron chi connectivity index (χ3n) is 5.76. The summed E-state index contributed by atoms with van der Waals surface area (Å²) in [6, 6.07) is 10.5. The van der Waals surface area contributed by atoms with Crippen LogP contribution in [0.5, 0.6) is 0 Å². The molecular formula is C22H25FN2O3S2. The minimum atomic E-state index is -3.65. The van der Waals surface area contributed by atoms with E-state index in [0.717, 1.165) is 35.5 Å². The third kappa shape index (κ3) is 4.26. The maximum absolute atomic E-state index is 13.7. The van der Waals surface area contributed by atoms with Crippen LogP contribution in [-0.4, -0.2) is 37.0 Å². The van der Waals surface area contributed by atoms with Crippen molar-refractivity contribution in [3.63, 3.8) is 0 Å². The largest absolute Gasteiger partial charge is 0.345 e. The fourth-order valence-electron chi connectivity index (χ4n) is 4.12. The van der Waals surface area contributed by atoms with Gasteiger partial charge >= 0.3 is 0 Å². The van der Waals surface area contributed by atoms with Gasteiger partial charge in [0.1, 0.15) is 5.82 Å². The van der Waals surface area contributed by atoms with Gasteiger partial charge in [0.05, 0.1) is 10.9 Å². The summed E-state index contributed by atoms with van der Waals surface area (Å²) in [7, 11) is -3.65. The van der Waals surface area contributed by atoms with Gasteiger partial charge in [0.15, 0.2) is 0 Å². The Morgan fingerprint density at radius 3 is 2.80 bits per heavy atom. The number of carbonyl (C=O) groups is 1. The second kappa shape index (κ2) is 8.69. The minimum Gasteiger partial charge on any atom is -0.345 e. The van der Waals surface area contributed by atoms with E-state index in [0.29, 0.717) is 13.0 Å². The molecule has 0 bridgehead atoms. The molecule has 1 amide bonds. The van der Waals surface area contributed by atoms with E-state index in [1.54, 1.807) is 30.0 Å². The average Bonchev–Trinajstić information content (AvgIpc) is 2.74. The highest BCUT2D eigenvalue weighted by Gasteiger charge is 2.31. The quantitative estimate of drug-likeness (QED) is 0.755. The molecule has 0 aromatic heterocycles. The van der Waals surface area contributed by atoms with Crippen LogP contribution in [-0.2, 0) is 10.0 Å². The van der Waals surface area contributed by atoms with E-state index in [2.05, 4.69) is 5.32 Å². The van der Waals surface area contributed by atoms with Crippen LogP contribution in [0.15, 0.2) is 52.3 Å². The van der Waals surface area contributed by atoms with Crippen LogP contribution in [0, 0.1) is 5.82 Å². The molecule has 2 aliphatic rings. The molecule has 0 aliphatic carbocycles. The Kier molecular flexibility index (Phi) is 6.18. The van der Waals surface area contributed by atoms with Crippen LogP contribution in [0.4, 0.5) is 4.39 Å². The molecule has 4 rings (SSSR count). The third-order valence-corrected chi connectivity index (χ3v) is 8.89. The number of amides is 1. The van der Waals surface area contributed by atoms with Crippen LogP contribution >= 0.6 is 11.8 Å². The van der Waals surface area contributed by atoms with Crippen molar-refractivity contribution in [1.82, 2.24) is 9.62 Å². The van der Waals surface area contributed by atoms with Crippen molar-refractivity contribution in [3.8, 4) is 0 Å². The number of halogens is 1. The second-order valence-electron chi connectivity index (χ2n) is 7.83. The maximum atomic E-state index is 13.7. The first-order valence-corrected chi connectivity index (χ1v) is 12.6. The van der Waals surface area contributed by atoms with Gasteiger partial charge in [0.2, 0.25) is 10.0 Å². The zero-order valence-corrected chi connectivity index (χ0v) is 18.4. The molecular weight excluding hydrogens is 423 g/mol. The fourth-order valence-corrected chi connectivity index (χ4v) is 6.97. The Morgan fingerprint density at radius 1 is 1.17 bits per heavy atom. The van der Waals surface area contributed by atoms with Crippen molar-refractivity contribution < 1.29 is 17.6 Å². The number of fused-ring (bicyclic) bond motifs is 1. The summed E-state index contributed by atoms with van der Waals surface area (Å²) in [6.07, 6.45) is 3.40. The molecule has 0 unspecified atom stereocenters. The molecule has 2 aromatic carbocycles. The topological polar surface area (TPSA) is 66.5 Å². The molecule has 0 saturated carbocycles. The fraction of sp³-hybridized carbons (Fsp3) is 0.409. The number of rotatable bonds is 4. The zero-order valence-electron chi connectivity index (χ0n) is 16.8. The molecule has 2 aliphatic heterocycles. The normalized spacial score (nSPS) is 22.3. The molecule has 2 aromatic rings. The van der Waals surface area contributed by atoms with E-state index >= 15 is 0 Å². The summed E-state index contributed by atoms with van der Waals surface area (Å²) >= 11 is 1.64. The number of hydrogen-bond acceptors (Lipinski definition) is 4. The van der Waals surface area contributed by atoms with Gasteiger partial charge in [-0.25, -0.2) is 12.8 Å². The number of hydrogen-bond donors (Lipinski definition) is 1. The van der Waals surface area contributed by atoms with Crippen LogP contribution in [0.2, 0.25) is 0 Å². The molecule has 2 atom stereocenters. The molecule has 30 heavy (non-hydrogen) atoms. The van der Waals surface area contributed by atoms with Crippen molar-refractivity contribution in [2.45, 2.75) is 54.5 Å². The Balaban J connectivity index is 1.56. The zero-order chi connectivity index (χ0) is 21.3. The summed E-state index contributed by atoms with van der Waals surface area (Å²) in [5.41, 5.74) is 1.06. The summed E-state index contributed by atoms with van der Waals surface area (Å²) < 4.78 is 41.5. The number of carbonyl (C=O) groups excluding carboxylic acids is 1. The van der Waals surface area contributed by atoms with Gasteiger partial charge in [0.25, 0.3) is 5.91 Å². The summed E-state index contributed by atoms with van der Waals surface area (Å²) in [6.45, 7) is 2.42. The van der Waals surface area contributed by atoms with E-state index in [1.165, 1.54) is 28.6 Å². The van der Waals surface area contributed by atoms with E-state index in [1.807, 2.05) is 6.92 Å².